The number of nitrogens with zero attached hydrogens (tertiary/aromatic N) is 7. The van der Waals surface area contributed by atoms with E-state index in [1.807, 2.05) is 31.9 Å². The molecule has 0 radical (unpaired) electrons. The van der Waals surface area contributed by atoms with Crippen molar-refractivity contribution >= 4 is 23.4 Å². The molecule has 154 valence electrons. The minimum atomic E-state index is 0.118. The van der Waals surface area contributed by atoms with E-state index in [9.17, 15) is 4.79 Å². The minimum absolute atomic E-state index is 0.118. The minimum Gasteiger partial charge on any atom is -0.367 e. The summed E-state index contributed by atoms with van der Waals surface area (Å²) >= 11 is 0. The molecule has 2 aliphatic rings. The van der Waals surface area contributed by atoms with E-state index >= 15 is 0 Å². The Morgan fingerprint density at radius 2 is 1.76 bits per heavy atom. The largest absolute Gasteiger partial charge is 0.367 e. The van der Waals surface area contributed by atoms with E-state index < -0.39 is 0 Å². The summed E-state index contributed by atoms with van der Waals surface area (Å²) in [6.45, 7) is 7.69. The standard InChI is InChI=1S/C20H28N8O/c1-14-10-19(24-15(2)23-14)27-6-4-16(5-7-27)25-17-11-18(22-13-21-17)28-9-8-26(3)20(29)12-28/h10-11,13,16H,4-9,12H2,1-3H3,(H,21,22,25). The third-order valence-electron chi connectivity index (χ3n) is 5.56. The Morgan fingerprint density at radius 3 is 2.48 bits per heavy atom. The van der Waals surface area contributed by atoms with Gasteiger partial charge in [0.1, 0.15) is 29.6 Å². The molecule has 2 fully saturated rings. The molecule has 9 nitrogen and oxygen atoms in total. The van der Waals surface area contributed by atoms with Crippen LogP contribution in [0.15, 0.2) is 18.5 Å². The lowest BCUT2D eigenvalue weighted by Gasteiger charge is -2.34. The van der Waals surface area contributed by atoms with Crippen LogP contribution in [0.2, 0.25) is 0 Å². The summed E-state index contributed by atoms with van der Waals surface area (Å²) in [7, 11) is 1.84. The van der Waals surface area contributed by atoms with Crippen molar-refractivity contribution in [1.29, 1.82) is 0 Å². The summed E-state index contributed by atoms with van der Waals surface area (Å²) in [4.78, 5) is 35.8. The molecule has 2 aromatic rings. The van der Waals surface area contributed by atoms with Crippen molar-refractivity contribution in [3.8, 4) is 0 Å². The molecule has 4 rings (SSSR count). The van der Waals surface area contributed by atoms with Gasteiger partial charge < -0.3 is 20.0 Å². The first kappa shape index (κ1) is 19.4. The highest BCUT2D eigenvalue weighted by Gasteiger charge is 2.24. The number of anilines is 3. The number of hydrogen-bond acceptors (Lipinski definition) is 8. The monoisotopic (exact) mass is 396 g/mol. The summed E-state index contributed by atoms with van der Waals surface area (Å²) in [5, 5.41) is 3.54. The smallest absolute Gasteiger partial charge is 0.241 e. The number of rotatable bonds is 4. The Hall–Kier alpha value is -2.97. The Morgan fingerprint density at radius 1 is 0.966 bits per heavy atom. The molecule has 9 heteroatoms. The second-order valence-corrected chi connectivity index (χ2v) is 7.82. The number of carbonyl (C=O) groups is 1. The molecular formula is C20H28N8O. The summed E-state index contributed by atoms with van der Waals surface area (Å²) in [5.41, 5.74) is 1.00. The van der Waals surface area contributed by atoms with Gasteiger partial charge in [-0.15, -0.1) is 0 Å². The third kappa shape index (κ3) is 4.55. The Labute approximate surface area is 171 Å². The molecule has 1 amide bonds. The average molecular weight is 396 g/mol. The maximum atomic E-state index is 12.0. The molecule has 2 aliphatic heterocycles. The van der Waals surface area contributed by atoms with Crippen LogP contribution >= 0.6 is 0 Å². The highest BCUT2D eigenvalue weighted by Crippen LogP contribution is 2.22. The zero-order valence-corrected chi connectivity index (χ0v) is 17.3. The molecule has 0 aliphatic carbocycles. The van der Waals surface area contributed by atoms with Gasteiger partial charge in [0.2, 0.25) is 5.91 Å². The van der Waals surface area contributed by atoms with Crippen LogP contribution in [0.1, 0.15) is 24.4 Å². The number of likely N-dealkylation sites (N-methyl/N-ethyl adjacent to an activating group) is 1. The van der Waals surface area contributed by atoms with Crippen molar-refractivity contribution in [2.75, 3.05) is 54.9 Å². The summed E-state index contributed by atoms with van der Waals surface area (Å²) in [5.74, 6) is 3.56. The van der Waals surface area contributed by atoms with Crippen molar-refractivity contribution in [3.63, 3.8) is 0 Å². The van der Waals surface area contributed by atoms with Crippen LogP contribution in [-0.2, 0) is 4.79 Å². The van der Waals surface area contributed by atoms with Gasteiger partial charge in [0, 0.05) is 57.1 Å². The van der Waals surface area contributed by atoms with Gasteiger partial charge in [-0.1, -0.05) is 0 Å². The summed E-state index contributed by atoms with van der Waals surface area (Å²) in [6.07, 6.45) is 3.59. The van der Waals surface area contributed by atoms with E-state index in [2.05, 4.69) is 36.2 Å². The van der Waals surface area contributed by atoms with Gasteiger partial charge in [0.15, 0.2) is 0 Å². The lowest BCUT2D eigenvalue weighted by molar-refractivity contribution is -0.129. The molecule has 0 aromatic carbocycles. The number of hydrogen-bond donors (Lipinski definition) is 1. The Bertz CT molecular complexity index is 860. The SMILES string of the molecule is Cc1cc(N2CCC(Nc3cc(N4CCN(C)C(=O)C4)ncn3)CC2)nc(C)n1. The van der Waals surface area contributed by atoms with Gasteiger partial charge in [-0.2, -0.15) is 0 Å². The van der Waals surface area contributed by atoms with E-state index in [0.29, 0.717) is 19.1 Å². The fraction of sp³-hybridized carbons (Fsp3) is 0.550. The lowest BCUT2D eigenvalue weighted by atomic mass is 10.0. The number of carbonyl (C=O) groups excluding carboxylic acids is 1. The van der Waals surface area contributed by atoms with Crippen molar-refractivity contribution in [2.45, 2.75) is 32.7 Å². The zero-order chi connectivity index (χ0) is 20.4. The molecule has 0 atom stereocenters. The number of nitrogens with one attached hydrogen (secondary N) is 1. The van der Waals surface area contributed by atoms with Gasteiger partial charge in [-0.25, -0.2) is 19.9 Å². The van der Waals surface area contributed by atoms with Crippen LogP contribution in [0.25, 0.3) is 0 Å². The lowest BCUT2D eigenvalue weighted by Crippen LogP contribution is -2.48. The van der Waals surface area contributed by atoms with Crippen molar-refractivity contribution in [1.82, 2.24) is 24.8 Å². The number of aromatic nitrogens is 4. The van der Waals surface area contributed by atoms with Gasteiger partial charge >= 0.3 is 0 Å². The van der Waals surface area contributed by atoms with E-state index in [0.717, 1.165) is 61.4 Å². The molecule has 29 heavy (non-hydrogen) atoms. The molecule has 4 heterocycles. The van der Waals surface area contributed by atoms with Crippen molar-refractivity contribution in [3.05, 3.63) is 30.0 Å². The van der Waals surface area contributed by atoms with Crippen LogP contribution in [0, 0.1) is 13.8 Å². The predicted octanol–water partition coefficient (Wildman–Crippen LogP) is 1.24. The maximum Gasteiger partial charge on any atom is 0.241 e. The van der Waals surface area contributed by atoms with Gasteiger partial charge in [0.05, 0.1) is 6.54 Å². The molecule has 0 unspecified atom stereocenters. The van der Waals surface area contributed by atoms with Crippen molar-refractivity contribution in [2.24, 2.45) is 0 Å². The van der Waals surface area contributed by atoms with Gasteiger partial charge in [-0.3, -0.25) is 4.79 Å². The zero-order valence-electron chi connectivity index (χ0n) is 17.3. The van der Waals surface area contributed by atoms with E-state index in [1.54, 1.807) is 11.2 Å². The predicted molar refractivity (Wildman–Crippen MR) is 112 cm³/mol. The second kappa shape index (κ2) is 8.18. The van der Waals surface area contributed by atoms with E-state index in [-0.39, 0.29) is 5.91 Å². The molecule has 0 bridgehead atoms. The third-order valence-corrected chi connectivity index (χ3v) is 5.56. The normalized spacial score (nSPS) is 18.3. The molecule has 1 N–H and O–H groups in total. The van der Waals surface area contributed by atoms with Crippen LogP contribution in [0.3, 0.4) is 0 Å². The Kier molecular flexibility index (Phi) is 5.46. The Balaban J connectivity index is 1.35. The second-order valence-electron chi connectivity index (χ2n) is 7.82. The van der Waals surface area contributed by atoms with E-state index in [1.165, 1.54) is 0 Å². The maximum absolute atomic E-state index is 12.0. The van der Waals surface area contributed by atoms with Crippen LogP contribution in [0.4, 0.5) is 17.5 Å². The number of aryl methyl sites for hydroxylation is 2. The first-order valence-electron chi connectivity index (χ1n) is 10.1. The summed E-state index contributed by atoms with van der Waals surface area (Å²) < 4.78 is 0. The van der Waals surface area contributed by atoms with Gasteiger partial charge in [0.25, 0.3) is 0 Å². The number of piperidine rings is 1. The van der Waals surface area contributed by atoms with Crippen LogP contribution in [0.5, 0.6) is 0 Å². The molecule has 0 spiro atoms. The number of amides is 1. The molecule has 2 aromatic heterocycles. The number of piperazine rings is 1. The topological polar surface area (TPSA) is 90.4 Å². The molecule has 2 saturated heterocycles. The quantitative estimate of drug-likeness (QED) is 0.826. The fourth-order valence-corrected chi connectivity index (χ4v) is 3.87. The molecule has 0 saturated carbocycles. The van der Waals surface area contributed by atoms with Crippen molar-refractivity contribution < 1.29 is 4.79 Å². The first-order chi connectivity index (χ1) is 14.0. The first-order valence-corrected chi connectivity index (χ1v) is 10.1. The van der Waals surface area contributed by atoms with E-state index in [4.69, 9.17) is 0 Å². The van der Waals surface area contributed by atoms with Crippen LogP contribution in [-0.4, -0.2) is 76.6 Å². The fourth-order valence-electron chi connectivity index (χ4n) is 3.87. The summed E-state index contributed by atoms with van der Waals surface area (Å²) in [6, 6.07) is 4.35. The average Bonchev–Trinajstić information content (AvgIpc) is 2.70. The highest BCUT2D eigenvalue weighted by molar-refractivity contribution is 5.82. The van der Waals surface area contributed by atoms with Crippen LogP contribution < -0.4 is 15.1 Å². The highest BCUT2D eigenvalue weighted by atomic mass is 16.2. The van der Waals surface area contributed by atoms with Gasteiger partial charge in [-0.05, 0) is 26.7 Å². The molecular weight excluding hydrogens is 368 g/mol.